The molecule has 2 aromatic rings. The van der Waals surface area contributed by atoms with Gasteiger partial charge in [-0.3, -0.25) is 4.98 Å². The zero-order valence-electron chi connectivity index (χ0n) is 12.0. The molecule has 1 saturated heterocycles. The molecule has 1 aliphatic rings. The first-order valence-electron chi connectivity index (χ1n) is 6.93. The summed E-state index contributed by atoms with van der Waals surface area (Å²) in [6.45, 7) is 1.39. The highest BCUT2D eigenvalue weighted by Crippen LogP contribution is 2.41. The van der Waals surface area contributed by atoms with E-state index in [2.05, 4.69) is 43.3 Å². The maximum absolute atomic E-state index is 5.54. The number of ether oxygens (including phenoxy) is 1. The number of thiocarbonyl (C=S) groups is 1. The van der Waals surface area contributed by atoms with Gasteiger partial charge in [-0.05, 0) is 52.4 Å². The summed E-state index contributed by atoms with van der Waals surface area (Å²) in [6.07, 6.45) is 1.82. The Labute approximate surface area is 147 Å². The third-order valence-corrected chi connectivity index (χ3v) is 5.67. The average molecular weight is 398 g/mol. The second-order valence-electron chi connectivity index (χ2n) is 4.95. The quantitative estimate of drug-likeness (QED) is 0.781. The number of rotatable bonds is 5. The lowest BCUT2D eigenvalue weighted by Gasteiger charge is -2.26. The van der Waals surface area contributed by atoms with Crippen molar-refractivity contribution in [1.82, 2.24) is 15.2 Å². The fourth-order valence-electron chi connectivity index (χ4n) is 2.63. The largest absolute Gasteiger partial charge is 0.383 e. The van der Waals surface area contributed by atoms with Crippen LogP contribution >= 0.6 is 39.5 Å². The molecular formula is C15H16BrN3OS2. The van der Waals surface area contributed by atoms with E-state index < -0.39 is 0 Å². The van der Waals surface area contributed by atoms with Gasteiger partial charge in [0.1, 0.15) is 0 Å². The van der Waals surface area contributed by atoms with E-state index in [1.54, 1.807) is 18.4 Å². The molecule has 0 saturated carbocycles. The van der Waals surface area contributed by atoms with E-state index in [9.17, 15) is 0 Å². The van der Waals surface area contributed by atoms with E-state index in [-0.39, 0.29) is 12.1 Å². The third kappa shape index (κ3) is 3.17. The lowest BCUT2D eigenvalue weighted by atomic mass is 10.0. The van der Waals surface area contributed by atoms with Gasteiger partial charge in [0.15, 0.2) is 5.11 Å². The number of hydrogen-bond donors (Lipinski definition) is 1. The Hall–Kier alpha value is -1.02. The number of nitrogens with one attached hydrogen (secondary N) is 1. The fourth-order valence-corrected chi connectivity index (χ4v) is 4.54. The van der Waals surface area contributed by atoms with Crippen LogP contribution in [-0.2, 0) is 4.74 Å². The van der Waals surface area contributed by atoms with Gasteiger partial charge in [0, 0.05) is 24.7 Å². The molecule has 1 aliphatic heterocycles. The molecular weight excluding hydrogens is 382 g/mol. The lowest BCUT2D eigenvalue weighted by Crippen LogP contribution is -2.32. The topological polar surface area (TPSA) is 37.4 Å². The highest BCUT2D eigenvalue weighted by atomic mass is 79.9. The van der Waals surface area contributed by atoms with Crippen molar-refractivity contribution in [3.05, 3.63) is 50.9 Å². The third-order valence-electron chi connectivity index (χ3n) is 3.62. The monoisotopic (exact) mass is 397 g/mol. The van der Waals surface area contributed by atoms with Gasteiger partial charge in [-0.15, -0.1) is 11.3 Å². The summed E-state index contributed by atoms with van der Waals surface area (Å²) >= 11 is 10.8. The number of halogens is 1. The van der Waals surface area contributed by atoms with Crippen LogP contribution in [0.15, 0.2) is 40.3 Å². The van der Waals surface area contributed by atoms with Crippen molar-refractivity contribution in [3.8, 4) is 0 Å². The minimum absolute atomic E-state index is 0.0520. The molecule has 7 heteroatoms. The fraction of sp³-hybridized carbons (Fsp3) is 0.333. The Morgan fingerprint density at radius 1 is 1.41 bits per heavy atom. The predicted octanol–water partition coefficient (Wildman–Crippen LogP) is 3.52. The maximum atomic E-state index is 5.54. The molecule has 3 rings (SSSR count). The van der Waals surface area contributed by atoms with Crippen LogP contribution in [0.4, 0.5) is 0 Å². The Bertz CT molecular complexity index is 649. The molecule has 22 heavy (non-hydrogen) atoms. The van der Waals surface area contributed by atoms with E-state index >= 15 is 0 Å². The van der Waals surface area contributed by atoms with Crippen LogP contribution in [-0.4, -0.2) is 35.3 Å². The van der Waals surface area contributed by atoms with Crippen molar-refractivity contribution < 1.29 is 4.74 Å². The van der Waals surface area contributed by atoms with Gasteiger partial charge in [0.05, 0.1) is 28.2 Å². The van der Waals surface area contributed by atoms with Crippen molar-refractivity contribution in [3.63, 3.8) is 0 Å². The van der Waals surface area contributed by atoms with Crippen LogP contribution in [0.5, 0.6) is 0 Å². The summed E-state index contributed by atoms with van der Waals surface area (Å²) in [5.41, 5.74) is 0.999. The highest BCUT2D eigenvalue weighted by Gasteiger charge is 2.40. The van der Waals surface area contributed by atoms with E-state index in [0.29, 0.717) is 6.61 Å². The van der Waals surface area contributed by atoms with Crippen molar-refractivity contribution in [1.29, 1.82) is 0 Å². The van der Waals surface area contributed by atoms with Gasteiger partial charge in [-0.25, -0.2) is 0 Å². The molecule has 0 spiro atoms. The summed E-state index contributed by atoms with van der Waals surface area (Å²) in [5, 5.41) is 4.17. The Morgan fingerprint density at radius 3 is 2.91 bits per heavy atom. The first kappa shape index (κ1) is 15.9. The molecule has 0 radical (unpaired) electrons. The van der Waals surface area contributed by atoms with Gasteiger partial charge in [0.2, 0.25) is 0 Å². The minimum atomic E-state index is 0.0520. The van der Waals surface area contributed by atoms with Crippen LogP contribution in [0.3, 0.4) is 0 Å². The molecule has 0 bridgehead atoms. The van der Waals surface area contributed by atoms with Gasteiger partial charge < -0.3 is 15.0 Å². The number of aromatic nitrogens is 1. The summed E-state index contributed by atoms with van der Waals surface area (Å²) in [4.78, 5) is 7.95. The van der Waals surface area contributed by atoms with Crippen LogP contribution in [0.1, 0.15) is 22.7 Å². The Morgan fingerprint density at radius 2 is 2.27 bits per heavy atom. The van der Waals surface area contributed by atoms with E-state index in [1.807, 2.05) is 24.4 Å². The average Bonchev–Trinajstić information content (AvgIpc) is 3.09. The lowest BCUT2D eigenvalue weighted by molar-refractivity contribution is 0.164. The number of thiophene rings is 1. The molecule has 1 fully saturated rings. The smallest absolute Gasteiger partial charge is 0.170 e. The van der Waals surface area contributed by atoms with Crippen LogP contribution in [0.2, 0.25) is 0 Å². The molecule has 4 nitrogen and oxygen atoms in total. The van der Waals surface area contributed by atoms with Crippen molar-refractivity contribution >= 4 is 44.6 Å². The zero-order valence-corrected chi connectivity index (χ0v) is 15.2. The molecule has 0 amide bonds. The SMILES string of the molecule is COCCN1C(=S)N[C@H](c2ccccn2)[C@H]1c1ccc(Br)s1. The standard InChI is InChI=1S/C15H16BrN3OS2/c1-20-9-8-19-14(11-5-6-12(16)22-11)13(18-15(19)21)10-4-2-3-7-17-10/h2-7,13-14H,8-9H2,1H3,(H,18,21)/t13-,14-/m1/s1. The highest BCUT2D eigenvalue weighted by molar-refractivity contribution is 9.11. The van der Waals surface area contributed by atoms with Gasteiger partial charge in [-0.1, -0.05) is 6.07 Å². The van der Waals surface area contributed by atoms with Gasteiger partial charge in [0.25, 0.3) is 0 Å². The predicted molar refractivity (Wildman–Crippen MR) is 96.1 cm³/mol. The van der Waals surface area contributed by atoms with Gasteiger partial charge in [-0.2, -0.15) is 0 Å². The number of nitrogens with zero attached hydrogens (tertiary/aromatic N) is 2. The van der Waals surface area contributed by atoms with Crippen molar-refractivity contribution in [2.75, 3.05) is 20.3 Å². The molecule has 0 aliphatic carbocycles. The Balaban J connectivity index is 1.96. The summed E-state index contributed by atoms with van der Waals surface area (Å²) < 4.78 is 6.35. The maximum Gasteiger partial charge on any atom is 0.170 e. The molecule has 0 aromatic carbocycles. The van der Waals surface area contributed by atoms with Crippen molar-refractivity contribution in [2.24, 2.45) is 0 Å². The molecule has 116 valence electrons. The normalized spacial score (nSPS) is 21.2. The van der Waals surface area contributed by atoms with Crippen molar-refractivity contribution in [2.45, 2.75) is 12.1 Å². The zero-order chi connectivity index (χ0) is 15.5. The van der Waals surface area contributed by atoms with Crippen LogP contribution < -0.4 is 5.32 Å². The van der Waals surface area contributed by atoms with E-state index in [4.69, 9.17) is 17.0 Å². The van der Waals surface area contributed by atoms with E-state index in [1.165, 1.54) is 4.88 Å². The number of pyridine rings is 1. The summed E-state index contributed by atoms with van der Waals surface area (Å²) in [6, 6.07) is 10.4. The molecule has 1 N–H and O–H groups in total. The summed E-state index contributed by atoms with van der Waals surface area (Å²) in [5.74, 6) is 0. The second-order valence-corrected chi connectivity index (χ2v) is 7.84. The van der Waals surface area contributed by atoms with Crippen LogP contribution in [0.25, 0.3) is 0 Å². The van der Waals surface area contributed by atoms with Gasteiger partial charge >= 0.3 is 0 Å². The van der Waals surface area contributed by atoms with E-state index in [0.717, 1.165) is 21.1 Å². The number of hydrogen-bond acceptors (Lipinski definition) is 4. The molecule has 0 unspecified atom stereocenters. The molecule has 2 aromatic heterocycles. The summed E-state index contributed by atoms with van der Waals surface area (Å²) in [7, 11) is 1.71. The minimum Gasteiger partial charge on any atom is -0.383 e. The first-order chi connectivity index (χ1) is 10.7. The van der Waals surface area contributed by atoms with Crippen LogP contribution in [0, 0.1) is 0 Å². The first-order valence-corrected chi connectivity index (χ1v) is 8.94. The molecule has 2 atom stereocenters. The Kier molecular flexibility index (Phi) is 5.07. The second kappa shape index (κ2) is 7.04. The molecule has 3 heterocycles. The number of methoxy groups -OCH3 is 1.